The standard InChI is InChI=1S/C13H19N/c1-9-4-7-13(10(2)8-9)14-11(3)12-5-6-12/h4,7-8,11-12,14H,5-6H2,1-3H3/t11-/m0/s1. The van der Waals surface area contributed by atoms with E-state index in [4.69, 9.17) is 0 Å². The molecular formula is C13H19N. The molecule has 1 nitrogen and oxygen atoms in total. The molecule has 0 unspecified atom stereocenters. The summed E-state index contributed by atoms with van der Waals surface area (Å²) in [7, 11) is 0. The molecule has 0 radical (unpaired) electrons. The molecule has 1 saturated carbocycles. The maximum absolute atomic E-state index is 3.60. The normalized spacial score (nSPS) is 17.9. The Bertz CT molecular complexity index is 326. The SMILES string of the molecule is Cc1ccc(N[C@@H](C)C2CC2)c(C)c1. The minimum Gasteiger partial charge on any atom is -0.382 e. The fourth-order valence-electron chi connectivity index (χ4n) is 1.93. The molecule has 1 aliphatic rings. The van der Waals surface area contributed by atoms with E-state index in [0.717, 1.165) is 5.92 Å². The van der Waals surface area contributed by atoms with E-state index in [1.807, 2.05) is 0 Å². The third-order valence-electron chi connectivity index (χ3n) is 3.09. The average Bonchev–Trinajstić information content (AvgIpc) is 2.92. The molecule has 0 aliphatic heterocycles. The van der Waals surface area contributed by atoms with Gasteiger partial charge in [-0.1, -0.05) is 17.7 Å². The summed E-state index contributed by atoms with van der Waals surface area (Å²) in [6.45, 7) is 6.60. The predicted octanol–water partition coefficient (Wildman–Crippen LogP) is 3.51. The van der Waals surface area contributed by atoms with Gasteiger partial charge < -0.3 is 5.32 Å². The van der Waals surface area contributed by atoms with Gasteiger partial charge in [-0.15, -0.1) is 0 Å². The molecule has 0 aromatic heterocycles. The van der Waals surface area contributed by atoms with Crippen LogP contribution in [0.15, 0.2) is 18.2 Å². The molecule has 14 heavy (non-hydrogen) atoms. The van der Waals surface area contributed by atoms with Crippen LogP contribution in [-0.2, 0) is 0 Å². The number of nitrogens with one attached hydrogen (secondary N) is 1. The van der Waals surface area contributed by atoms with Crippen molar-refractivity contribution in [3.63, 3.8) is 0 Å². The van der Waals surface area contributed by atoms with Crippen LogP contribution in [0.4, 0.5) is 5.69 Å². The monoisotopic (exact) mass is 189 g/mol. The largest absolute Gasteiger partial charge is 0.382 e. The van der Waals surface area contributed by atoms with E-state index in [2.05, 4.69) is 44.3 Å². The zero-order valence-electron chi connectivity index (χ0n) is 9.30. The van der Waals surface area contributed by atoms with Crippen LogP contribution in [0.2, 0.25) is 0 Å². The molecule has 1 heteroatoms. The summed E-state index contributed by atoms with van der Waals surface area (Å²) >= 11 is 0. The average molecular weight is 189 g/mol. The van der Waals surface area contributed by atoms with Gasteiger partial charge in [0.1, 0.15) is 0 Å². The lowest BCUT2D eigenvalue weighted by molar-refractivity contribution is 0.693. The van der Waals surface area contributed by atoms with Crippen LogP contribution in [0.5, 0.6) is 0 Å². The van der Waals surface area contributed by atoms with Crippen molar-refractivity contribution in [3.8, 4) is 0 Å². The van der Waals surface area contributed by atoms with Crippen LogP contribution in [0.3, 0.4) is 0 Å². The van der Waals surface area contributed by atoms with Crippen molar-refractivity contribution in [2.75, 3.05) is 5.32 Å². The molecule has 1 N–H and O–H groups in total. The molecule has 0 bridgehead atoms. The Balaban J connectivity index is 2.07. The summed E-state index contributed by atoms with van der Waals surface area (Å²) in [5.41, 5.74) is 4.00. The van der Waals surface area contributed by atoms with E-state index in [-0.39, 0.29) is 0 Å². The zero-order valence-corrected chi connectivity index (χ0v) is 9.30. The first-order valence-electron chi connectivity index (χ1n) is 5.50. The van der Waals surface area contributed by atoms with Crippen molar-refractivity contribution in [1.82, 2.24) is 0 Å². The highest BCUT2D eigenvalue weighted by molar-refractivity contribution is 5.52. The minimum absolute atomic E-state index is 0.636. The molecule has 2 rings (SSSR count). The molecule has 0 amide bonds. The van der Waals surface area contributed by atoms with Crippen molar-refractivity contribution in [2.45, 2.75) is 39.7 Å². The highest BCUT2D eigenvalue weighted by Gasteiger charge is 2.27. The summed E-state index contributed by atoms with van der Waals surface area (Å²) in [4.78, 5) is 0. The molecule has 76 valence electrons. The first-order valence-corrected chi connectivity index (χ1v) is 5.50. The number of aryl methyl sites for hydroxylation is 2. The number of hydrogen-bond donors (Lipinski definition) is 1. The second-order valence-corrected chi connectivity index (χ2v) is 4.59. The van der Waals surface area contributed by atoms with E-state index < -0.39 is 0 Å². The fourth-order valence-corrected chi connectivity index (χ4v) is 1.93. The van der Waals surface area contributed by atoms with Crippen molar-refractivity contribution in [3.05, 3.63) is 29.3 Å². The Morgan fingerprint density at radius 2 is 2.00 bits per heavy atom. The van der Waals surface area contributed by atoms with Gasteiger partial charge >= 0.3 is 0 Å². The zero-order chi connectivity index (χ0) is 10.1. The van der Waals surface area contributed by atoms with E-state index in [9.17, 15) is 0 Å². The van der Waals surface area contributed by atoms with Gasteiger partial charge in [-0.05, 0) is 51.2 Å². The molecule has 1 aromatic carbocycles. The van der Waals surface area contributed by atoms with E-state index in [1.165, 1.54) is 29.7 Å². The van der Waals surface area contributed by atoms with Crippen LogP contribution in [-0.4, -0.2) is 6.04 Å². The first kappa shape index (κ1) is 9.57. The highest BCUT2D eigenvalue weighted by Crippen LogP contribution is 2.34. The molecule has 0 heterocycles. The summed E-state index contributed by atoms with van der Waals surface area (Å²) in [5.74, 6) is 0.913. The van der Waals surface area contributed by atoms with Crippen LogP contribution in [0.25, 0.3) is 0 Å². The first-order chi connectivity index (χ1) is 6.66. The third kappa shape index (κ3) is 2.09. The van der Waals surface area contributed by atoms with Crippen molar-refractivity contribution in [2.24, 2.45) is 5.92 Å². The Kier molecular flexibility index (Phi) is 2.49. The summed E-state index contributed by atoms with van der Waals surface area (Å²) < 4.78 is 0. The van der Waals surface area contributed by atoms with Gasteiger partial charge in [-0.3, -0.25) is 0 Å². The Labute approximate surface area is 86.5 Å². The summed E-state index contributed by atoms with van der Waals surface area (Å²) in [6.07, 6.45) is 2.80. The van der Waals surface area contributed by atoms with Gasteiger partial charge in [0, 0.05) is 11.7 Å². The van der Waals surface area contributed by atoms with Crippen molar-refractivity contribution in [1.29, 1.82) is 0 Å². The maximum atomic E-state index is 3.60. The van der Waals surface area contributed by atoms with Crippen molar-refractivity contribution < 1.29 is 0 Å². The lowest BCUT2D eigenvalue weighted by Gasteiger charge is -2.16. The topological polar surface area (TPSA) is 12.0 Å². The third-order valence-corrected chi connectivity index (χ3v) is 3.09. The predicted molar refractivity (Wildman–Crippen MR) is 61.7 cm³/mol. The quantitative estimate of drug-likeness (QED) is 0.767. The second kappa shape index (κ2) is 3.64. The van der Waals surface area contributed by atoms with Crippen LogP contribution in [0, 0.1) is 19.8 Å². The van der Waals surface area contributed by atoms with Crippen molar-refractivity contribution >= 4 is 5.69 Å². The number of anilines is 1. The minimum atomic E-state index is 0.636. The van der Waals surface area contributed by atoms with Gasteiger partial charge in [0.15, 0.2) is 0 Å². The van der Waals surface area contributed by atoms with Gasteiger partial charge in [-0.25, -0.2) is 0 Å². The number of benzene rings is 1. The number of rotatable bonds is 3. The number of hydrogen-bond acceptors (Lipinski definition) is 1. The van der Waals surface area contributed by atoms with Gasteiger partial charge in [0.2, 0.25) is 0 Å². The lowest BCUT2D eigenvalue weighted by Crippen LogP contribution is -2.17. The van der Waals surface area contributed by atoms with Gasteiger partial charge in [0.05, 0.1) is 0 Å². The molecule has 1 aromatic rings. The molecule has 1 aliphatic carbocycles. The second-order valence-electron chi connectivity index (χ2n) is 4.59. The smallest absolute Gasteiger partial charge is 0.0372 e. The fraction of sp³-hybridized carbons (Fsp3) is 0.538. The van der Waals surface area contributed by atoms with Gasteiger partial charge in [-0.2, -0.15) is 0 Å². The highest BCUT2D eigenvalue weighted by atomic mass is 14.9. The molecular weight excluding hydrogens is 170 g/mol. The van der Waals surface area contributed by atoms with Gasteiger partial charge in [0.25, 0.3) is 0 Å². The summed E-state index contributed by atoms with van der Waals surface area (Å²) in [5, 5.41) is 3.60. The Morgan fingerprint density at radius 1 is 1.29 bits per heavy atom. The van der Waals surface area contributed by atoms with Crippen LogP contribution < -0.4 is 5.32 Å². The molecule has 0 spiro atoms. The molecule has 0 saturated heterocycles. The van der Waals surface area contributed by atoms with E-state index in [0.29, 0.717) is 6.04 Å². The maximum Gasteiger partial charge on any atom is 0.0372 e. The van der Waals surface area contributed by atoms with Crippen LogP contribution in [0.1, 0.15) is 30.9 Å². The lowest BCUT2D eigenvalue weighted by atomic mass is 10.1. The Hall–Kier alpha value is -0.980. The Morgan fingerprint density at radius 3 is 2.57 bits per heavy atom. The molecule has 1 atom stereocenters. The summed E-state index contributed by atoms with van der Waals surface area (Å²) in [6, 6.07) is 7.25. The van der Waals surface area contributed by atoms with Crippen LogP contribution >= 0.6 is 0 Å². The molecule has 1 fully saturated rings. The van der Waals surface area contributed by atoms with E-state index in [1.54, 1.807) is 0 Å². The van der Waals surface area contributed by atoms with E-state index >= 15 is 0 Å².